The van der Waals surface area contributed by atoms with Crippen LogP contribution in [0.4, 0.5) is 0 Å². The van der Waals surface area contributed by atoms with Crippen LogP contribution >= 0.6 is 0 Å². The van der Waals surface area contributed by atoms with E-state index < -0.39 is 0 Å². The monoisotopic (exact) mass is 138 g/mol. The van der Waals surface area contributed by atoms with Gasteiger partial charge in [0.1, 0.15) is 13.2 Å². The highest BCUT2D eigenvalue weighted by Crippen LogP contribution is 1.75. The van der Waals surface area contributed by atoms with Gasteiger partial charge in [0.15, 0.2) is 0 Å². The molecule has 0 aromatic heterocycles. The van der Waals surface area contributed by atoms with Crippen molar-refractivity contribution in [2.75, 3.05) is 26.4 Å². The van der Waals surface area contributed by atoms with Crippen molar-refractivity contribution in [3.63, 3.8) is 0 Å². The van der Waals surface area contributed by atoms with Gasteiger partial charge in [0.25, 0.3) is 0 Å². The highest BCUT2D eigenvalue weighted by molar-refractivity contribution is 4.83. The number of hydrogen-bond donors (Lipinski definition) is 0. The molecule has 0 aliphatic rings. The zero-order chi connectivity index (χ0) is 7.66. The lowest BCUT2D eigenvalue weighted by Crippen LogP contribution is -2.04. The van der Waals surface area contributed by atoms with E-state index in [1.807, 2.05) is 0 Å². The molecule has 0 radical (unpaired) electrons. The van der Waals surface area contributed by atoms with Gasteiger partial charge >= 0.3 is 0 Å². The molecule has 0 spiro atoms. The Morgan fingerprint density at radius 1 is 0.900 bits per heavy atom. The SMILES string of the molecule is C#CCOCCOCC#C. The lowest BCUT2D eigenvalue weighted by molar-refractivity contribution is 0.0750. The molecule has 0 amide bonds. The average Bonchev–Trinajstić information content (AvgIpc) is 1.97. The maximum absolute atomic E-state index is 4.92. The molecule has 0 saturated carbocycles. The molecule has 0 aliphatic carbocycles. The quantitative estimate of drug-likeness (QED) is 0.401. The number of terminal acetylenes is 2. The molecule has 10 heavy (non-hydrogen) atoms. The molecule has 0 atom stereocenters. The first-order valence-electron chi connectivity index (χ1n) is 2.94. The molecule has 0 aromatic carbocycles. The summed E-state index contributed by atoms with van der Waals surface area (Å²) in [5, 5.41) is 0. The standard InChI is InChI=1S/C8H10O2/c1-3-5-9-7-8-10-6-4-2/h1-2H,5-8H2. The summed E-state index contributed by atoms with van der Waals surface area (Å²) in [5.41, 5.74) is 0. The summed E-state index contributed by atoms with van der Waals surface area (Å²) in [5.74, 6) is 4.68. The maximum atomic E-state index is 4.92. The predicted octanol–water partition coefficient (Wildman–Crippen LogP) is 0.286. The average molecular weight is 138 g/mol. The third-order valence-corrected chi connectivity index (χ3v) is 0.743. The van der Waals surface area contributed by atoms with E-state index in [1.165, 1.54) is 0 Å². The molecule has 2 nitrogen and oxygen atoms in total. The normalized spacial score (nSPS) is 8.20. The van der Waals surface area contributed by atoms with Crippen molar-refractivity contribution in [3.8, 4) is 24.7 Å². The first-order valence-corrected chi connectivity index (χ1v) is 2.94. The summed E-state index contributed by atoms with van der Waals surface area (Å²) < 4.78 is 9.80. The molecule has 0 aliphatic heterocycles. The van der Waals surface area contributed by atoms with Gasteiger partial charge in [0.05, 0.1) is 13.2 Å². The Labute approximate surface area is 61.5 Å². The minimum absolute atomic E-state index is 0.333. The zero-order valence-corrected chi connectivity index (χ0v) is 5.80. The minimum atomic E-state index is 0.333. The summed E-state index contributed by atoms with van der Waals surface area (Å²) in [6.45, 7) is 1.68. The van der Waals surface area contributed by atoms with E-state index in [9.17, 15) is 0 Å². The van der Waals surface area contributed by atoms with Crippen molar-refractivity contribution in [1.29, 1.82) is 0 Å². The molecule has 0 rings (SSSR count). The first kappa shape index (κ1) is 9.04. The van der Waals surface area contributed by atoms with Crippen molar-refractivity contribution in [1.82, 2.24) is 0 Å². The number of rotatable bonds is 5. The van der Waals surface area contributed by atoms with Crippen LogP contribution in [0.15, 0.2) is 0 Å². The summed E-state index contributed by atoms with van der Waals surface area (Å²) in [7, 11) is 0. The van der Waals surface area contributed by atoms with Crippen LogP contribution in [0.5, 0.6) is 0 Å². The lowest BCUT2D eigenvalue weighted by Gasteiger charge is -1.98. The van der Waals surface area contributed by atoms with Crippen molar-refractivity contribution in [2.24, 2.45) is 0 Å². The van der Waals surface area contributed by atoms with Gasteiger partial charge in [-0.2, -0.15) is 0 Å². The second-order valence-electron chi connectivity index (χ2n) is 1.51. The van der Waals surface area contributed by atoms with Gasteiger partial charge in [-0.25, -0.2) is 0 Å². The molecule has 0 unspecified atom stereocenters. The Morgan fingerprint density at radius 3 is 1.60 bits per heavy atom. The van der Waals surface area contributed by atoms with Crippen molar-refractivity contribution >= 4 is 0 Å². The molecule has 0 heterocycles. The van der Waals surface area contributed by atoms with E-state index in [2.05, 4.69) is 11.8 Å². The van der Waals surface area contributed by atoms with Crippen LogP contribution in [0.2, 0.25) is 0 Å². The fraction of sp³-hybridized carbons (Fsp3) is 0.500. The van der Waals surface area contributed by atoms with Gasteiger partial charge in [-0.3, -0.25) is 0 Å². The third kappa shape index (κ3) is 7.04. The number of ether oxygens (including phenoxy) is 2. The third-order valence-electron chi connectivity index (χ3n) is 0.743. The summed E-state index contributed by atoms with van der Waals surface area (Å²) >= 11 is 0. The Bertz CT molecular complexity index is 120. The molecule has 54 valence electrons. The molecular weight excluding hydrogens is 128 g/mol. The zero-order valence-electron chi connectivity index (χ0n) is 5.80. The van der Waals surface area contributed by atoms with Gasteiger partial charge in [-0.05, 0) is 0 Å². The molecule has 2 heteroatoms. The van der Waals surface area contributed by atoms with E-state index in [1.54, 1.807) is 0 Å². The van der Waals surface area contributed by atoms with Crippen LogP contribution in [0.25, 0.3) is 0 Å². The van der Waals surface area contributed by atoms with Gasteiger partial charge in [-0.1, -0.05) is 11.8 Å². The van der Waals surface area contributed by atoms with Gasteiger partial charge in [0, 0.05) is 0 Å². The summed E-state index contributed by atoms with van der Waals surface area (Å²) in [6, 6.07) is 0. The molecule has 0 saturated heterocycles. The first-order chi connectivity index (χ1) is 4.91. The van der Waals surface area contributed by atoms with Crippen molar-refractivity contribution < 1.29 is 9.47 Å². The highest BCUT2D eigenvalue weighted by atomic mass is 16.5. The van der Waals surface area contributed by atoms with Gasteiger partial charge in [-0.15, -0.1) is 12.8 Å². The highest BCUT2D eigenvalue weighted by Gasteiger charge is 1.83. The van der Waals surface area contributed by atoms with Crippen LogP contribution in [0.3, 0.4) is 0 Å². The van der Waals surface area contributed by atoms with Crippen molar-refractivity contribution in [2.45, 2.75) is 0 Å². The number of hydrogen-bond acceptors (Lipinski definition) is 2. The van der Waals surface area contributed by atoms with E-state index >= 15 is 0 Å². The topological polar surface area (TPSA) is 18.5 Å². The Hall–Kier alpha value is -0.960. The molecule has 0 fully saturated rings. The van der Waals surface area contributed by atoms with Crippen LogP contribution in [0, 0.1) is 24.7 Å². The fourth-order valence-electron chi connectivity index (χ4n) is 0.380. The summed E-state index contributed by atoms with van der Waals surface area (Å²) in [6.07, 6.45) is 9.84. The van der Waals surface area contributed by atoms with Crippen molar-refractivity contribution in [3.05, 3.63) is 0 Å². The largest absolute Gasteiger partial charge is 0.366 e. The molecule has 0 aromatic rings. The Kier molecular flexibility index (Phi) is 7.27. The molecule has 0 N–H and O–H groups in total. The minimum Gasteiger partial charge on any atom is -0.366 e. The molecule has 0 bridgehead atoms. The smallest absolute Gasteiger partial charge is 0.107 e. The fourth-order valence-corrected chi connectivity index (χ4v) is 0.380. The van der Waals surface area contributed by atoms with E-state index in [0.29, 0.717) is 26.4 Å². The Morgan fingerprint density at radius 2 is 1.30 bits per heavy atom. The van der Waals surface area contributed by atoms with Crippen LogP contribution < -0.4 is 0 Å². The Balaban J connectivity index is 2.80. The van der Waals surface area contributed by atoms with E-state index in [4.69, 9.17) is 22.3 Å². The van der Waals surface area contributed by atoms with Gasteiger partial charge < -0.3 is 9.47 Å². The van der Waals surface area contributed by atoms with Crippen LogP contribution in [0.1, 0.15) is 0 Å². The maximum Gasteiger partial charge on any atom is 0.107 e. The second-order valence-corrected chi connectivity index (χ2v) is 1.51. The summed E-state index contributed by atoms with van der Waals surface area (Å²) in [4.78, 5) is 0. The van der Waals surface area contributed by atoms with Crippen LogP contribution in [-0.4, -0.2) is 26.4 Å². The van der Waals surface area contributed by atoms with Crippen LogP contribution in [-0.2, 0) is 9.47 Å². The van der Waals surface area contributed by atoms with E-state index in [-0.39, 0.29) is 0 Å². The van der Waals surface area contributed by atoms with E-state index in [0.717, 1.165) is 0 Å². The predicted molar refractivity (Wildman–Crippen MR) is 39.3 cm³/mol. The second kappa shape index (κ2) is 8.04. The van der Waals surface area contributed by atoms with Gasteiger partial charge in [0.2, 0.25) is 0 Å². The lowest BCUT2D eigenvalue weighted by atomic mass is 10.7. The molecular formula is C8H10O2.